The van der Waals surface area contributed by atoms with Crippen molar-refractivity contribution < 1.29 is 12.8 Å². The van der Waals surface area contributed by atoms with Crippen LogP contribution in [0.25, 0.3) is 0 Å². The Balaban J connectivity index is 2.19. The zero-order valence-corrected chi connectivity index (χ0v) is 14.2. The molecule has 0 fully saturated rings. The lowest BCUT2D eigenvalue weighted by Gasteiger charge is -2.21. The van der Waals surface area contributed by atoms with E-state index < -0.39 is 15.8 Å². The van der Waals surface area contributed by atoms with Gasteiger partial charge >= 0.3 is 0 Å². The van der Waals surface area contributed by atoms with E-state index in [1.54, 1.807) is 12.1 Å². The molecule has 0 heterocycles. The minimum Gasteiger partial charge on any atom is -0.212 e. The first kappa shape index (κ1) is 17.6. The third kappa shape index (κ3) is 5.44. The van der Waals surface area contributed by atoms with Crippen LogP contribution in [0.2, 0.25) is 0 Å². The van der Waals surface area contributed by atoms with Crippen molar-refractivity contribution in [2.75, 3.05) is 0 Å². The average Bonchev–Trinajstić information content (AvgIpc) is 2.49. The van der Waals surface area contributed by atoms with Crippen LogP contribution >= 0.6 is 0 Å². The fourth-order valence-electron chi connectivity index (χ4n) is 2.49. The van der Waals surface area contributed by atoms with Gasteiger partial charge in [-0.25, -0.2) is 17.5 Å². The maximum absolute atomic E-state index is 13.7. The molecule has 0 amide bonds. The van der Waals surface area contributed by atoms with E-state index in [9.17, 15) is 12.8 Å². The Kier molecular flexibility index (Phi) is 5.91. The molecule has 0 aliphatic carbocycles. The van der Waals surface area contributed by atoms with E-state index in [1.165, 1.54) is 12.1 Å². The molecule has 23 heavy (non-hydrogen) atoms. The van der Waals surface area contributed by atoms with Gasteiger partial charge in [-0.15, -0.1) is 0 Å². The summed E-state index contributed by atoms with van der Waals surface area (Å²) in [6.45, 7) is 4.09. The molecule has 5 heteroatoms. The Morgan fingerprint density at radius 1 is 1.00 bits per heavy atom. The van der Waals surface area contributed by atoms with E-state index in [-0.39, 0.29) is 17.4 Å². The largest absolute Gasteiger partial charge is 0.216 e. The molecule has 124 valence electrons. The number of benzene rings is 2. The van der Waals surface area contributed by atoms with Gasteiger partial charge in [-0.1, -0.05) is 62.4 Å². The Morgan fingerprint density at radius 3 is 2.22 bits per heavy atom. The predicted molar refractivity (Wildman–Crippen MR) is 90.8 cm³/mol. The van der Waals surface area contributed by atoms with E-state index in [1.807, 2.05) is 44.2 Å². The van der Waals surface area contributed by atoms with Gasteiger partial charge in [-0.3, -0.25) is 0 Å². The molecule has 3 nitrogen and oxygen atoms in total. The minimum absolute atomic E-state index is 0.177. The van der Waals surface area contributed by atoms with Gasteiger partial charge in [0.2, 0.25) is 10.0 Å². The van der Waals surface area contributed by atoms with Gasteiger partial charge in [0.15, 0.2) is 0 Å². The quantitative estimate of drug-likeness (QED) is 0.830. The number of hydrogen-bond acceptors (Lipinski definition) is 2. The molecule has 0 aliphatic rings. The maximum Gasteiger partial charge on any atom is 0.216 e. The van der Waals surface area contributed by atoms with Crippen molar-refractivity contribution in [3.8, 4) is 0 Å². The molecule has 2 aromatic rings. The van der Waals surface area contributed by atoms with Gasteiger partial charge in [0.1, 0.15) is 5.82 Å². The van der Waals surface area contributed by atoms with E-state index in [0.717, 1.165) is 5.56 Å². The second-order valence-corrected chi connectivity index (χ2v) is 7.82. The molecule has 0 saturated heterocycles. The fourth-order valence-corrected chi connectivity index (χ4v) is 3.88. The smallest absolute Gasteiger partial charge is 0.212 e. The summed E-state index contributed by atoms with van der Waals surface area (Å²) >= 11 is 0. The van der Waals surface area contributed by atoms with Crippen LogP contribution in [0.5, 0.6) is 0 Å². The number of sulfonamides is 1. The summed E-state index contributed by atoms with van der Waals surface area (Å²) < 4.78 is 41.3. The lowest BCUT2D eigenvalue weighted by molar-refractivity contribution is 0.471. The lowest BCUT2D eigenvalue weighted by atomic mass is 9.98. The van der Waals surface area contributed by atoms with Gasteiger partial charge in [-0.05, 0) is 24.0 Å². The summed E-state index contributed by atoms with van der Waals surface area (Å²) in [5.74, 6) is -0.532. The second-order valence-electron chi connectivity index (χ2n) is 6.06. The molecule has 0 bridgehead atoms. The molecule has 1 N–H and O–H groups in total. The summed E-state index contributed by atoms with van der Waals surface area (Å²) in [4.78, 5) is 0. The van der Waals surface area contributed by atoms with Gasteiger partial charge in [0.25, 0.3) is 0 Å². The maximum atomic E-state index is 13.7. The predicted octanol–water partition coefficient (Wildman–Crippen LogP) is 4.03. The van der Waals surface area contributed by atoms with E-state index >= 15 is 0 Å². The SMILES string of the molecule is CC(C)C[C@H](NS(=O)(=O)Cc1ccccc1F)c1ccccc1. The molecule has 0 spiro atoms. The first-order valence-corrected chi connectivity index (χ1v) is 9.31. The highest BCUT2D eigenvalue weighted by atomic mass is 32.2. The van der Waals surface area contributed by atoms with E-state index in [4.69, 9.17) is 0 Å². The lowest BCUT2D eigenvalue weighted by Crippen LogP contribution is -2.30. The van der Waals surface area contributed by atoms with Crippen molar-refractivity contribution in [2.24, 2.45) is 5.92 Å². The van der Waals surface area contributed by atoms with Crippen molar-refractivity contribution in [1.82, 2.24) is 4.72 Å². The summed E-state index contributed by atoms with van der Waals surface area (Å²) in [6, 6.07) is 15.1. The summed E-state index contributed by atoms with van der Waals surface area (Å²) in [6.07, 6.45) is 0.681. The van der Waals surface area contributed by atoms with Crippen LogP contribution in [-0.4, -0.2) is 8.42 Å². The Hall–Kier alpha value is -1.72. The highest BCUT2D eigenvalue weighted by Gasteiger charge is 2.21. The third-order valence-electron chi connectivity index (χ3n) is 3.53. The first-order chi connectivity index (χ1) is 10.9. The standard InChI is InChI=1S/C18H22FNO2S/c1-14(2)12-18(15-8-4-3-5-9-15)20-23(21,22)13-16-10-6-7-11-17(16)19/h3-11,14,18,20H,12-13H2,1-2H3/t18-/m0/s1. The van der Waals surface area contributed by atoms with Crippen LogP contribution in [0, 0.1) is 11.7 Å². The van der Waals surface area contributed by atoms with Crippen molar-refractivity contribution in [2.45, 2.75) is 32.1 Å². The summed E-state index contributed by atoms with van der Waals surface area (Å²) in [5, 5.41) is 0. The molecular weight excluding hydrogens is 313 g/mol. The highest BCUT2D eigenvalue weighted by molar-refractivity contribution is 7.88. The highest BCUT2D eigenvalue weighted by Crippen LogP contribution is 2.23. The molecular formula is C18H22FNO2S. The van der Waals surface area contributed by atoms with Crippen LogP contribution in [0.3, 0.4) is 0 Å². The van der Waals surface area contributed by atoms with Crippen LogP contribution < -0.4 is 4.72 Å². The van der Waals surface area contributed by atoms with Crippen LogP contribution in [0.4, 0.5) is 4.39 Å². The van der Waals surface area contributed by atoms with Gasteiger partial charge in [0.05, 0.1) is 5.75 Å². The number of halogens is 1. The van der Waals surface area contributed by atoms with Crippen molar-refractivity contribution in [3.05, 3.63) is 71.5 Å². The zero-order chi connectivity index (χ0) is 16.9. The molecule has 0 aromatic heterocycles. The minimum atomic E-state index is -3.64. The van der Waals surface area contributed by atoms with Gasteiger partial charge < -0.3 is 0 Å². The monoisotopic (exact) mass is 335 g/mol. The Bertz CT molecular complexity index is 730. The third-order valence-corrected chi connectivity index (χ3v) is 4.87. The van der Waals surface area contributed by atoms with Crippen molar-refractivity contribution >= 4 is 10.0 Å². The molecule has 1 atom stereocenters. The summed E-state index contributed by atoms with van der Waals surface area (Å²) in [7, 11) is -3.64. The van der Waals surface area contributed by atoms with Gasteiger partial charge in [0, 0.05) is 11.6 Å². The molecule has 0 aliphatic heterocycles. The molecule has 0 unspecified atom stereocenters. The van der Waals surface area contributed by atoms with Crippen LogP contribution in [0.15, 0.2) is 54.6 Å². The summed E-state index contributed by atoms with van der Waals surface area (Å²) in [5.41, 5.74) is 1.09. The number of rotatable bonds is 7. The average molecular weight is 335 g/mol. The van der Waals surface area contributed by atoms with E-state index in [0.29, 0.717) is 12.3 Å². The molecule has 0 radical (unpaired) electrons. The fraction of sp³-hybridized carbons (Fsp3) is 0.333. The van der Waals surface area contributed by atoms with Crippen molar-refractivity contribution in [1.29, 1.82) is 0 Å². The zero-order valence-electron chi connectivity index (χ0n) is 13.4. The first-order valence-electron chi connectivity index (χ1n) is 7.66. The number of hydrogen-bond donors (Lipinski definition) is 1. The second kappa shape index (κ2) is 7.70. The van der Waals surface area contributed by atoms with Crippen molar-refractivity contribution in [3.63, 3.8) is 0 Å². The Labute approximate surface area is 137 Å². The molecule has 2 aromatic carbocycles. The van der Waals surface area contributed by atoms with Gasteiger partial charge in [-0.2, -0.15) is 0 Å². The van der Waals surface area contributed by atoms with Crippen LogP contribution in [-0.2, 0) is 15.8 Å². The van der Waals surface area contributed by atoms with E-state index in [2.05, 4.69) is 4.72 Å². The molecule has 0 saturated carbocycles. The molecule has 2 rings (SSSR count). The topological polar surface area (TPSA) is 46.2 Å². The number of nitrogens with one attached hydrogen (secondary N) is 1. The normalized spacial score (nSPS) is 13.2. The Morgan fingerprint density at radius 2 is 1.61 bits per heavy atom. The van der Waals surface area contributed by atoms with Crippen LogP contribution in [0.1, 0.15) is 37.4 Å².